The first-order valence-corrected chi connectivity index (χ1v) is 5.57. The molecule has 0 aromatic heterocycles. The lowest BCUT2D eigenvalue weighted by Crippen LogP contribution is -1.98. The summed E-state index contributed by atoms with van der Waals surface area (Å²) in [5.74, 6) is -0.0142. The molecular weight excluding hydrogens is 250 g/mol. The van der Waals surface area contributed by atoms with E-state index in [1.165, 1.54) is 13.1 Å². The van der Waals surface area contributed by atoms with E-state index in [2.05, 4.69) is 4.99 Å². The van der Waals surface area contributed by atoms with Crippen LogP contribution in [0.15, 0.2) is 29.3 Å². The van der Waals surface area contributed by atoms with Crippen LogP contribution in [0.5, 0.6) is 0 Å². The van der Waals surface area contributed by atoms with Crippen molar-refractivity contribution >= 4 is 29.3 Å². The van der Waals surface area contributed by atoms with E-state index < -0.39 is 0 Å². The number of hydrogen-bond acceptors (Lipinski definition) is 4. The highest BCUT2D eigenvalue weighted by atomic mass is 35.5. The maximum Gasteiger partial charge on any atom is 0.151 e. The van der Waals surface area contributed by atoms with Crippen LogP contribution in [0.3, 0.4) is 0 Å². The van der Waals surface area contributed by atoms with Gasteiger partial charge in [-0.3, -0.25) is 9.79 Å². The van der Waals surface area contributed by atoms with E-state index in [0.717, 1.165) is 0 Å². The molecule has 0 heterocycles. The fourth-order valence-corrected chi connectivity index (χ4v) is 1.42. The van der Waals surface area contributed by atoms with Gasteiger partial charge in [0.25, 0.3) is 0 Å². The van der Waals surface area contributed by atoms with Crippen LogP contribution in [0.1, 0.15) is 18.1 Å². The van der Waals surface area contributed by atoms with Gasteiger partial charge in [-0.1, -0.05) is 17.7 Å². The summed E-state index contributed by atoms with van der Waals surface area (Å²) < 4.78 is 0. The highest BCUT2D eigenvalue weighted by molar-refractivity contribution is 6.31. The molecule has 0 unspecified atom stereocenters. The van der Waals surface area contributed by atoms with E-state index in [-0.39, 0.29) is 12.3 Å². The fourth-order valence-electron chi connectivity index (χ4n) is 1.20. The number of Topliss-reactive ketones (excluding diaryl/α,β-unsaturated/α-hetero) is 1. The quantitative estimate of drug-likeness (QED) is 0.844. The number of nitrogens with two attached hydrogens (primary N) is 1. The van der Waals surface area contributed by atoms with Gasteiger partial charge in [-0.05, 0) is 30.7 Å². The molecule has 0 saturated heterocycles. The minimum Gasteiger partial charge on any atom is -0.398 e. The van der Waals surface area contributed by atoms with E-state index in [4.69, 9.17) is 22.6 Å². The van der Waals surface area contributed by atoms with Gasteiger partial charge in [0.2, 0.25) is 0 Å². The lowest BCUT2D eigenvalue weighted by atomic mass is 10.1. The molecule has 18 heavy (non-hydrogen) atoms. The predicted octanol–water partition coefficient (Wildman–Crippen LogP) is 2.17. The van der Waals surface area contributed by atoms with Crippen molar-refractivity contribution in [2.75, 3.05) is 6.54 Å². The molecule has 0 radical (unpaired) electrons. The average Bonchev–Trinajstić information content (AvgIpc) is 2.34. The summed E-state index contributed by atoms with van der Waals surface area (Å²) >= 11 is 5.89. The van der Waals surface area contributed by atoms with Crippen molar-refractivity contribution in [1.82, 2.24) is 0 Å². The summed E-state index contributed by atoms with van der Waals surface area (Å²) in [4.78, 5) is 14.5. The van der Waals surface area contributed by atoms with Gasteiger partial charge in [0.05, 0.1) is 17.1 Å². The highest BCUT2D eigenvalue weighted by Gasteiger charge is 2.02. The zero-order valence-electron chi connectivity index (χ0n) is 9.85. The van der Waals surface area contributed by atoms with E-state index in [0.29, 0.717) is 21.8 Å². The Balaban J connectivity index is 2.84. The van der Waals surface area contributed by atoms with E-state index in [9.17, 15) is 4.79 Å². The van der Waals surface area contributed by atoms with Gasteiger partial charge >= 0.3 is 0 Å². The number of rotatable bonds is 4. The molecule has 1 aromatic rings. The Morgan fingerprint density at radius 1 is 1.61 bits per heavy atom. The molecule has 0 aliphatic heterocycles. The zero-order chi connectivity index (χ0) is 13.5. The molecule has 0 amide bonds. The second kappa shape index (κ2) is 6.58. The first kappa shape index (κ1) is 13.9. The summed E-state index contributed by atoms with van der Waals surface area (Å²) in [5, 5.41) is 9.09. The Bertz CT molecular complexity index is 556. The van der Waals surface area contributed by atoms with Crippen LogP contribution >= 0.6 is 11.6 Å². The topological polar surface area (TPSA) is 79.2 Å². The molecular formula is C13H12ClN3O. The van der Waals surface area contributed by atoms with Crippen LogP contribution in [-0.4, -0.2) is 18.5 Å². The van der Waals surface area contributed by atoms with Crippen LogP contribution in [0.4, 0.5) is 0 Å². The summed E-state index contributed by atoms with van der Waals surface area (Å²) in [6.07, 6.45) is 3.06. The SMILES string of the molecule is CC(=O)CN=CC=C(N)c1ccc(C#N)c(Cl)c1. The van der Waals surface area contributed by atoms with Crippen LogP contribution in [0.2, 0.25) is 5.02 Å². The number of benzene rings is 1. The number of nitriles is 1. The van der Waals surface area contributed by atoms with Crippen molar-refractivity contribution in [3.63, 3.8) is 0 Å². The number of carbonyl (C=O) groups excluding carboxylic acids is 1. The van der Waals surface area contributed by atoms with Gasteiger partial charge < -0.3 is 5.73 Å². The van der Waals surface area contributed by atoms with Crippen molar-refractivity contribution in [2.24, 2.45) is 10.7 Å². The van der Waals surface area contributed by atoms with Crippen molar-refractivity contribution in [3.05, 3.63) is 40.4 Å². The highest BCUT2D eigenvalue weighted by Crippen LogP contribution is 2.19. The van der Waals surface area contributed by atoms with Gasteiger partial charge in [-0.25, -0.2) is 0 Å². The molecule has 0 bridgehead atoms. The van der Waals surface area contributed by atoms with Crippen LogP contribution < -0.4 is 5.73 Å². The molecule has 4 nitrogen and oxygen atoms in total. The minimum absolute atomic E-state index is 0.0142. The van der Waals surface area contributed by atoms with Gasteiger partial charge in [-0.2, -0.15) is 5.26 Å². The average molecular weight is 262 g/mol. The number of aliphatic imine (C=N–C) groups is 1. The van der Waals surface area contributed by atoms with Gasteiger partial charge in [0.1, 0.15) is 6.07 Å². The summed E-state index contributed by atoms with van der Waals surface area (Å²) in [6.45, 7) is 1.60. The van der Waals surface area contributed by atoms with E-state index in [1.807, 2.05) is 6.07 Å². The summed E-state index contributed by atoms with van der Waals surface area (Å²) in [6, 6.07) is 6.89. The number of carbonyl (C=O) groups is 1. The van der Waals surface area contributed by atoms with E-state index >= 15 is 0 Å². The standard InChI is InChI=1S/C13H12ClN3O/c1-9(18)8-17-5-4-13(16)10-2-3-11(7-15)12(14)6-10/h2-6H,8,16H2,1H3. The maximum atomic E-state index is 10.7. The Morgan fingerprint density at radius 2 is 2.33 bits per heavy atom. The second-order valence-corrected chi connectivity index (χ2v) is 4.03. The van der Waals surface area contributed by atoms with Crippen molar-refractivity contribution in [1.29, 1.82) is 5.26 Å². The molecule has 0 aliphatic carbocycles. The number of hydrogen-bond donors (Lipinski definition) is 1. The predicted molar refractivity (Wildman–Crippen MR) is 72.4 cm³/mol. The van der Waals surface area contributed by atoms with Gasteiger partial charge in [0, 0.05) is 11.9 Å². The number of nitrogens with zero attached hydrogens (tertiary/aromatic N) is 2. The molecule has 1 aromatic carbocycles. The van der Waals surface area contributed by atoms with Crippen molar-refractivity contribution in [2.45, 2.75) is 6.92 Å². The Morgan fingerprint density at radius 3 is 2.89 bits per heavy atom. The third kappa shape index (κ3) is 4.04. The smallest absolute Gasteiger partial charge is 0.151 e. The van der Waals surface area contributed by atoms with E-state index in [1.54, 1.807) is 24.3 Å². The molecule has 1 rings (SSSR count). The Kier molecular flexibility index (Phi) is 5.09. The maximum absolute atomic E-state index is 10.7. The second-order valence-electron chi connectivity index (χ2n) is 3.62. The molecule has 0 atom stereocenters. The number of ketones is 1. The molecule has 92 valence electrons. The van der Waals surface area contributed by atoms with Gasteiger partial charge in [-0.15, -0.1) is 0 Å². The monoisotopic (exact) mass is 261 g/mol. The molecule has 0 spiro atoms. The first-order valence-electron chi connectivity index (χ1n) is 5.19. The van der Waals surface area contributed by atoms with Gasteiger partial charge in [0.15, 0.2) is 5.78 Å². The third-order valence-electron chi connectivity index (χ3n) is 2.10. The minimum atomic E-state index is -0.0142. The third-order valence-corrected chi connectivity index (χ3v) is 2.41. The van der Waals surface area contributed by atoms with Crippen LogP contribution in [-0.2, 0) is 4.79 Å². The molecule has 5 heteroatoms. The lowest BCUT2D eigenvalue weighted by Gasteiger charge is -2.02. The normalized spacial score (nSPS) is 11.5. The zero-order valence-corrected chi connectivity index (χ0v) is 10.6. The van der Waals surface area contributed by atoms with Crippen molar-refractivity contribution < 1.29 is 4.79 Å². The lowest BCUT2D eigenvalue weighted by molar-refractivity contribution is -0.115. The number of halogens is 1. The van der Waals surface area contributed by atoms with Crippen LogP contribution in [0, 0.1) is 11.3 Å². The van der Waals surface area contributed by atoms with Crippen molar-refractivity contribution in [3.8, 4) is 6.07 Å². The molecule has 0 saturated carbocycles. The largest absolute Gasteiger partial charge is 0.398 e. The Hall–Kier alpha value is -2.12. The molecule has 2 N–H and O–H groups in total. The first-order chi connectivity index (χ1) is 8.54. The summed E-state index contributed by atoms with van der Waals surface area (Å²) in [5.41, 5.74) is 7.39. The Labute approximate surface area is 110 Å². The number of allylic oxidation sites excluding steroid dienone is 1. The molecule has 0 aliphatic rings. The van der Waals surface area contributed by atoms with Crippen LogP contribution in [0.25, 0.3) is 5.70 Å². The molecule has 0 fully saturated rings. The summed E-state index contributed by atoms with van der Waals surface area (Å²) in [7, 11) is 0. The fraction of sp³-hybridized carbons (Fsp3) is 0.154.